The van der Waals surface area contributed by atoms with Crippen molar-refractivity contribution in [3.63, 3.8) is 0 Å². The Hall–Kier alpha value is -7.27. The molecule has 3 fully saturated rings. The van der Waals surface area contributed by atoms with E-state index in [1.165, 1.54) is 37.7 Å². The third-order valence-corrected chi connectivity index (χ3v) is 13.4. The zero-order valence-electron chi connectivity index (χ0n) is 36.4. The highest BCUT2D eigenvalue weighted by Crippen LogP contribution is 2.35. The lowest BCUT2D eigenvalue weighted by atomic mass is 10.00. The van der Waals surface area contributed by atoms with Gasteiger partial charge in [-0.05, 0) is 84.8 Å². The molecular weight excluding hydrogens is 847 g/mol. The first-order chi connectivity index (χ1) is 32.0. The molecule has 338 valence electrons. The lowest BCUT2D eigenvalue weighted by molar-refractivity contribution is -0.136. The molecule has 66 heavy (non-hydrogen) atoms. The van der Waals surface area contributed by atoms with Crippen molar-refractivity contribution in [2.45, 2.75) is 44.7 Å². The van der Waals surface area contributed by atoms with Crippen molar-refractivity contribution in [1.29, 1.82) is 0 Å². The summed E-state index contributed by atoms with van der Waals surface area (Å²) in [7, 11) is 1.45. The number of halogens is 2. The van der Waals surface area contributed by atoms with Gasteiger partial charge in [-0.2, -0.15) is 5.10 Å². The minimum atomic E-state index is -0.636. The third-order valence-electron chi connectivity index (χ3n) is 13.4. The van der Waals surface area contributed by atoms with Crippen LogP contribution < -0.4 is 25.6 Å². The highest BCUT2D eigenvalue weighted by Gasteiger charge is 2.39. The van der Waals surface area contributed by atoms with Crippen LogP contribution in [-0.2, 0) is 22.6 Å². The molecule has 0 saturated carbocycles. The molecule has 2 atom stereocenters. The monoisotopic (exact) mass is 894 g/mol. The number of aryl methyl sites for hydroxylation is 1. The Balaban J connectivity index is 0.758. The topological polar surface area (TPSA) is 172 Å². The van der Waals surface area contributed by atoms with Gasteiger partial charge in [0.1, 0.15) is 41.3 Å². The molecule has 0 radical (unpaired) electrons. The number of hydrogen-bond acceptors (Lipinski definition) is 12. The van der Waals surface area contributed by atoms with Crippen LogP contribution in [0.5, 0.6) is 5.75 Å². The summed E-state index contributed by atoms with van der Waals surface area (Å²) in [5.74, 6) is -1.03. The Morgan fingerprint density at radius 1 is 0.879 bits per heavy atom. The van der Waals surface area contributed by atoms with E-state index in [0.29, 0.717) is 64.7 Å². The highest BCUT2D eigenvalue weighted by atomic mass is 19.1. The summed E-state index contributed by atoms with van der Waals surface area (Å²) in [4.78, 5) is 67.5. The third kappa shape index (κ3) is 8.18. The average molecular weight is 895 g/mol. The van der Waals surface area contributed by atoms with Gasteiger partial charge >= 0.3 is 0 Å². The number of piperazine rings is 1. The van der Waals surface area contributed by atoms with E-state index in [9.17, 15) is 23.6 Å². The van der Waals surface area contributed by atoms with Gasteiger partial charge in [-0.25, -0.2) is 23.4 Å². The molecule has 0 aliphatic carbocycles. The van der Waals surface area contributed by atoms with Gasteiger partial charge in [0.15, 0.2) is 11.4 Å². The molecule has 3 amide bonds. The van der Waals surface area contributed by atoms with Crippen molar-refractivity contribution in [3.05, 3.63) is 119 Å². The van der Waals surface area contributed by atoms with Crippen LogP contribution in [0.3, 0.4) is 0 Å². The number of nitrogens with two attached hydrogens (primary N) is 1. The van der Waals surface area contributed by atoms with E-state index in [1.54, 1.807) is 15.6 Å². The van der Waals surface area contributed by atoms with Crippen molar-refractivity contribution in [2.24, 2.45) is 5.92 Å². The van der Waals surface area contributed by atoms with Crippen molar-refractivity contribution >= 4 is 51.7 Å². The van der Waals surface area contributed by atoms with Crippen LogP contribution in [-0.4, -0.2) is 112 Å². The number of Topliss-reactive ketones (excluding diaryl/α,β-unsaturated/α-hetero) is 1. The van der Waals surface area contributed by atoms with Gasteiger partial charge in [0, 0.05) is 88.1 Å². The van der Waals surface area contributed by atoms with Gasteiger partial charge in [0.05, 0.1) is 29.4 Å². The molecule has 0 bridgehead atoms. The van der Waals surface area contributed by atoms with Crippen LogP contribution in [0.2, 0.25) is 0 Å². The number of benzene rings is 4. The largest absolute Gasteiger partial charge is 0.496 e. The summed E-state index contributed by atoms with van der Waals surface area (Å²) < 4.78 is 36.9. The zero-order valence-corrected chi connectivity index (χ0v) is 36.4. The van der Waals surface area contributed by atoms with Crippen LogP contribution in [0.15, 0.2) is 85.2 Å². The Bertz CT molecular complexity index is 2900. The van der Waals surface area contributed by atoms with Gasteiger partial charge in [-0.15, -0.1) is 0 Å². The second-order valence-corrected chi connectivity index (χ2v) is 17.4. The normalized spacial score (nSPS) is 18.9. The molecule has 4 aliphatic rings. The van der Waals surface area contributed by atoms with E-state index < -0.39 is 17.8 Å². The van der Waals surface area contributed by atoms with E-state index in [0.717, 1.165) is 74.6 Å². The number of carbonyl (C=O) groups excluding carboxylic acids is 4. The molecule has 0 unspecified atom stereocenters. The maximum absolute atomic E-state index is 16.1. The standard InChI is InChI=1S/C49H48F2N10O5/c1-66-42-14-7-33(50)23-37(42)41(62)13-4-29-2-5-31(6-3-29)45-44-46(52)53-28-54-47(44)61(56-45)35-9-11-39(38(51)24-35)59-17-16-30(26-59)25-57-18-20-58(21-19-57)34-8-10-36-32(22-34)27-60(49(36)65)40-12-15-43(63)55-48(40)64/h2-3,5-11,14,22-24,28,30,40H,4,12-13,15-21,25-27H2,1H3,(H2,52,53,54)(H,55,63,64)/t30-,40+/m1/s1. The van der Waals surface area contributed by atoms with E-state index in [-0.39, 0.29) is 47.6 Å². The molecule has 6 heterocycles. The van der Waals surface area contributed by atoms with E-state index >= 15 is 4.39 Å². The molecule has 3 N–H and O–H groups in total. The first kappa shape index (κ1) is 42.7. The number of imide groups is 1. The smallest absolute Gasteiger partial charge is 0.255 e. The summed E-state index contributed by atoms with van der Waals surface area (Å²) in [6.07, 6.45) is 3.46. The number of methoxy groups -OCH3 is 1. The minimum Gasteiger partial charge on any atom is -0.496 e. The van der Waals surface area contributed by atoms with Gasteiger partial charge in [0.25, 0.3) is 5.91 Å². The van der Waals surface area contributed by atoms with Gasteiger partial charge in [-0.3, -0.25) is 29.4 Å². The second-order valence-electron chi connectivity index (χ2n) is 17.4. The van der Waals surface area contributed by atoms with Crippen LogP contribution in [0.4, 0.5) is 26.0 Å². The number of piperidine rings is 1. The fraction of sp³-hybridized carbons (Fsp3) is 0.327. The molecule has 6 aromatic rings. The maximum atomic E-state index is 16.1. The van der Waals surface area contributed by atoms with Crippen molar-refractivity contribution in [2.75, 3.05) is 68.5 Å². The molecule has 2 aromatic heterocycles. The Kier molecular flexibility index (Phi) is 11.4. The average Bonchev–Trinajstić information content (AvgIpc) is 4.04. The number of rotatable bonds is 12. The SMILES string of the molecule is COc1ccc(F)cc1C(=O)CCc1ccc(-c2nn(-c3ccc(N4CC[C@H](CN5CCN(c6ccc7c(c6)CN([C@H]6CCC(=O)NC6=O)C7=O)CC5)C4)c(F)c3)c3ncnc(N)c23)cc1. The lowest BCUT2D eigenvalue weighted by Gasteiger charge is -2.37. The molecule has 3 saturated heterocycles. The van der Waals surface area contributed by atoms with Crippen LogP contribution in [0.1, 0.15) is 57.5 Å². The summed E-state index contributed by atoms with van der Waals surface area (Å²) in [6.45, 7) is 6.17. The number of nitrogens with zero attached hydrogens (tertiary/aromatic N) is 8. The zero-order chi connectivity index (χ0) is 45.6. The number of nitrogen functional groups attached to an aromatic ring is 1. The van der Waals surface area contributed by atoms with Gasteiger partial charge in [-0.1, -0.05) is 24.3 Å². The quantitative estimate of drug-likeness (QED) is 0.116. The maximum Gasteiger partial charge on any atom is 0.255 e. The second kappa shape index (κ2) is 17.6. The van der Waals surface area contributed by atoms with Crippen molar-refractivity contribution in [3.8, 4) is 22.7 Å². The Morgan fingerprint density at radius 2 is 1.68 bits per heavy atom. The van der Waals surface area contributed by atoms with Crippen molar-refractivity contribution < 1.29 is 32.7 Å². The molecule has 10 rings (SSSR count). The number of amides is 3. The number of aromatic nitrogens is 4. The number of nitrogens with one attached hydrogen (secondary N) is 1. The molecular formula is C49H48F2N10O5. The Labute approximate surface area is 379 Å². The van der Waals surface area contributed by atoms with Crippen LogP contribution >= 0.6 is 0 Å². The predicted molar refractivity (Wildman–Crippen MR) is 244 cm³/mol. The Morgan fingerprint density at radius 3 is 2.45 bits per heavy atom. The summed E-state index contributed by atoms with van der Waals surface area (Å²) in [5, 5.41) is 7.78. The van der Waals surface area contributed by atoms with Crippen LogP contribution in [0.25, 0.3) is 28.0 Å². The number of carbonyl (C=O) groups is 4. The summed E-state index contributed by atoms with van der Waals surface area (Å²) in [6, 6.07) is 21.8. The number of ketones is 1. The molecule has 0 spiro atoms. The molecule has 4 aliphatic heterocycles. The van der Waals surface area contributed by atoms with E-state index in [1.807, 2.05) is 42.5 Å². The first-order valence-corrected chi connectivity index (χ1v) is 22.3. The fourth-order valence-corrected chi connectivity index (χ4v) is 9.87. The predicted octanol–water partition coefficient (Wildman–Crippen LogP) is 5.58. The molecule has 4 aromatic carbocycles. The summed E-state index contributed by atoms with van der Waals surface area (Å²) in [5.41, 5.74) is 12.8. The number of ether oxygens (including phenoxy) is 1. The highest BCUT2D eigenvalue weighted by molar-refractivity contribution is 6.05. The fourth-order valence-electron chi connectivity index (χ4n) is 9.87. The molecule has 17 heteroatoms. The van der Waals surface area contributed by atoms with Crippen molar-refractivity contribution in [1.82, 2.24) is 34.9 Å². The number of fused-ring (bicyclic) bond motifs is 2. The van der Waals surface area contributed by atoms with E-state index in [4.69, 9.17) is 15.6 Å². The van der Waals surface area contributed by atoms with Gasteiger partial charge in [0.2, 0.25) is 11.8 Å². The summed E-state index contributed by atoms with van der Waals surface area (Å²) >= 11 is 0. The first-order valence-electron chi connectivity index (χ1n) is 22.3. The van der Waals surface area contributed by atoms with Crippen LogP contribution in [0, 0.1) is 17.6 Å². The minimum absolute atomic E-state index is 0.163. The number of anilines is 3. The number of hydrogen-bond donors (Lipinski definition) is 2. The molecule has 15 nitrogen and oxygen atoms in total. The van der Waals surface area contributed by atoms with E-state index in [2.05, 4.69) is 36.1 Å². The van der Waals surface area contributed by atoms with Gasteiger partial charge < -0.3 is 25.2 Å². The lowest BCUT2D eigenvalue weighted by Crippen LogP contribution is -2.52.